The van der Waals surface area contributed by atoms with E-state index in [4.69, 9.17) is 0 Å². The molecule has 1 N–H and O–H groups in total. The zero-order valence-corrected chi connectivity index (χ0v) is 7.28. The Labute approximate surface area is 71.1 Å². The Balaban J connectivity index is 2.60. The number of fused-ring (bicyclic) bond motifs is 1. The topological polar surface area (TPSA) is 32.8 Å². The molecule has 12 heavy (non-hydrogen) atoms. The number of nitrogens with zero attached hydrogens (tertiary/aromatic N) is 2. The van der Waals surface area contributed by atoms with Crippen molar-refractivity contribution in [1.82, 2.24) is 10.1 Å². The lowest BCUT2D eigenvalue weighted by molar-refractivity contribution is -0.579. The quantitative estimate of drug-likeness (QED) is 0.629. The molecule has 0 aliphatic heterocycles. The van der Waals surface area contributed by atoms with E-state index in [1.165, 1.54) is 5.56 Å². The maximum atomic E-state index is 4.29. The molecule has 0 radical (unpaired) electrons. The number of nitrogens with one attached hydrogen (secondary N) is 1. The molecule has 0 fully saturated rings. The zero-order chi connectivity index (χ0) is 8.55. The van der Waals surface area contributed by atoms with Crippen molar-refractivity contribution in [2.45, 2.75) is 19.8 Å². The third-order valence-electron chi connectivity index (χ3n) is 1.98. The van der Waals surface area contributed by atoms with Crippen molar-refractivity contribution in [3.63, 3.8) is 0 Å². The number of H-pyrrole nitrogens is 1. The molecular formula is C9H12N3+. The molecule has 2 rings (SSSR count). The second-order valence-electron chi connectivity index (χ2n) is 3.23. The first-order chi connectivity index (χ1) is 5.77. The number of rotatable bonds is 1. The second-order valence-corrected chi connectivity index (χ2v) is 3.23. The van der Waals surface area contributed by atoms with Crippen molar-refractivity contribution in [1.29, 1.82) is 0 Å². The molecule has 3 nitrogen and oxygen atoms in total. The Morgan fingerprint density at radius 2 is 2.33 bits per heavy atom. The molecule has 0 aromatic carbocycles. The van der Waals surface area contributed by atoms with Crippen LogP contribution in [0.15, 0.2) is 24.7 Å². The van der Waals surface area contributed by atoms with Gasteiger partial charge in [0.05, 0.1) is 6.07 Å². The van der Waals surface area contributed by atoms with Crippen molar-refractivity contribution in [3.8, 4) is 0 Å². The SMILES string of the molecule is CC(C)c1cnc2cc[nH][n+]2c1. The minimum absolute atomic E-state index is 0.526. The van der Waals surface area contributed by atoms with Gasteiger partial charge < -0.3 is 0 Å². The van der Waals surface area contributed by atoms with Gasteiger partial charge >= 0.3 is 5.65 Å². The fraction of sp³-hybridized carbons (Fsp3) is 0.333. The van der Waals surface area contributed by atoms with E-state index in [2.05, 4.69) is 30.1 Å². The summed E-state index contributed by atoms with van der Waals surface area (Å²) in [5, 5.41) is 3.07. The van der Waals surface area contributed by atoms with E-state index in [-0.39, 0.29) is 0 Å². The normalized spacial score (nSPS) is 11.2. The second kappa shape index (κ2) is 2.59. The Kier molecular flexibility index (Phi) is 1.57. The van der Waals surface area contributed by atoms with Crippen LogP contribution < -0.4 is 4.52 Å². The van der Waals surface area contributed by atoms with E-state index >= 15 is 0 Å². The molecule has 0 unspecified atom stereocenters. The first-order valence-electron chi connectivity index (χ1n) is 4.12. The lowest BCUT2D eigenvalue weighted by atomic mass is 10.1. The van der Waals surface area contributed by atoms with Gasteiger partial charge in [0.1, 0.15) is 12.4 Å². The lowest BCUT2D eigenvalue weighted by Crippen LogP contribution is -2.24. The Hall–Kier alpha value is -1.38. The molecule has 0 atom stereocenters. The van der Waals surface area contributed by atoms with Crippen LogP contribution in [0.4, 0.5) is 0 Å². The molecule has 0 aliphatic rings. The zero-order valence-electron chi connectivity index (χ0n) is 7.28. The van der Waals surface area contributed by atoms with Crippen molar-refractivity contribution in [2.75, 3.05) is 0 Å². The summed E-state index contributed by atoms with van der Waals surface area (Å²) in [7, 11) is 0. The minimum atomic E-state index is 0.526. The van der Waals surface area contributed by atoms with E-state index < -0.39 is 0 Å². The van der Waals surface area contributed by atoms with Crippen molar-refractivity contribution < 1.29 is 4.52 Å². The first-order valence-corrected chi connectivity index (χ1v) is 4.12. The summed E-state index contributed by atoms with van der Waals surface area (Å²) in [5.41, 5.74) is 2.20. The van der Waals surface area contributed by atoms with Crippen LogP contribution in [0.5, 0.6) is 0 Å². The molecule has 62 valence electrons. The average Bonchev–Trinajstić information content (AvgIpc) is 2.49. The van der Waals surface area contributed by atoms with Crippen LogP contribution in [0.3, 0.4) is 0 Å². The summed E-state index contributed by atoms with van der Waals surface area (Å²) in [4.78, 5) is 4.29. The summed E-state index contributed by atoms with van der Waals surface area (Å²) in [6, 6.07) is 1.95. The average molecular weight is 162 g/mol. The molecule has 2 heterocycles. The van der Waals surface area contributed by atoms with E-state index in [1.54, 1.807) is 0 Å². The molecule has 0 saturated heterocycles. The van der Waals surface area contributed by atoms with Crippen molar-refractivity contribution >= 4 is 5.65 Å². The van der Waals surface area contributed by atoms with Gasteiger partial charge in [-0.1, -0.05) is 13.8 Å². The van der Waals surface area contributed by atoms with Crippen LogP contribution in [0.25, 0.3) is 5.65 Å². The van der Waals surface area contributed by atoms with Crippen LogP contribution in [-0.4, -0.2) is 10.1 Å². The number of hydrogen-bond acceptors (Lipinski definition) is 1. The number of aromatic nitrogens is 3. The third-order valence-corrected chi connectivity index (χ3v) is 1.98. The fourth-order valence-electron chi connectivity index (χ4n) is 1.17. The molecule has 2 aromatic heterocycles. The molecule has 2 aromatic rings. The van der Waals surface area contributed by atoms with Crippen LogP contribution in [0, 0.1) is 0 Å². The predicted octanol–water partition coefficient (Wildman–Crippen LogP) is 1.27. The van der Waals surface area contributed by atoms with Gasteiger partial charge in [0, 0.05) is 11.8 Å². The van der Waals surface area contributed by atoms with Gasteiger partial charge in [-0.15, -0.1) is 4.52 Å². The van der Waals surface area contributed by atoms with E-state index in [0.29, 0.717) is 5.92 Å². The van der Waals surface area contributed by atoms with Gasteiger partial charge in [0.25, 0.3) is 0 Å². The van der Waals surface area contributed by atoms with E-state index in [1.807, 2.05) is 23.0 Å². The van der Waals surface area contributed by atoms with Crippen molar-refractivity contribution in [3.05, 3.63) is 30.2 Å². The monoisotopic (exact) mass is 162 g/mol. The molecule has 0 saturated carbocycles. The highest BCUT2D eigenvalue weighted by Gasteiger charge is 2.08. The van der Waals surface area contributed by atoms with Crippen LogP contribution >= 0.6 is 0 Å². The van der Waals surface area contributed by atoms with E-state index in [9.17, 15) is 0 Å². The number of hydrogen-bond donors (Lipinski definition) is 1. The largest absolute Gasteiger partial charge is 0.347 e. The highest BCUT2D eigenvalue weighted by Crippen LogP contribution is 2.09. The van der Waals surface area contributed by atoms with Gasteiger partial charge in [0.2, 0.25) is 0 Å². The first kappa shape index (κ1) is 7.28. The van der Waals surface area contributed by atoms with E-state index in [0.717, 1.165) is 5.65 Å². The summed E-state index contributed by atoms with van der Waals surface area (Å²) in [6.07, 6.45) is 5.88. The summed E-state index contributed by atoms with van der Waals surface area (Å²) >= 11 is 0. The van der Waals surface area contributed by atoms with Crippen molar-refractivity contribution in [2.24, 2.45) is 0 Å². The fourth-order valence-corrected chi connectivity index (χ4v) is 1.17. The highest BCUT2D eigenvalue weighted by molar-refractivity contribution is 5.26. The Morgan fingerprint density at radius 3 is 3.08 bits per heavy atom. The number of aromatic amines is 1. The van der Waals surface area contributed by atoms with Gasteiger partial charge in [-0.05, 0) is 10.9 Å². The maximum absolute atomic E-state index is 4.29. The van der Waals surface area contributed by atoms with Gasteiger partial charge in [0.15, 0.2) is 0 Å². The molecule has 0 bridgehead atoms. The Morgan fingerprint density at radius 1 is 1.50 bits per heavy atom. The van der Waals surface area contributed by atoms with Crippen LogP contribution in [0.1, 0.15) is 25.3 Å². The standard InChI is InChI=1S/C9H11N3/c1-7(2)8-5-10-9-3-4-11-12(9)6-8/h3-7H,1-2H3/p+1. The van der Waals surface area contributed by atoms with Gasteiger partial charge in [-0.2, -0.15) is 0 Å². The van der Waals surface area contributed by atoms with Crippen LogP contribution in [-0.2, 0) is 0 Å². The molecule has 0 spiro atoms. The summed E-state index contributed by atoms with van der Waals surface area (Å²) in [5.74, 6) is 0.526. The molecule has 3 heteroatoms. The summed E-state index contributed by atoms with van der Waals surface area (Å²) in [6.45, 7) is 4.32. The third kappa shape index (κ3) is 1.07. The predicted molar refractivity (Wildman–Crippen MR) is 45.8 cm³/mol. The highest BCUT2D eigenvalue weighted by atomic mass is 15.2. The molecular weight excluding hydrogens is 150 g/mol. The smallest absolute Gasteiger partial charge is 0.231 e. The van der Waals surface area contributed by atoms with Crippen LogP contribution in [0.2, 0.25) is 0 Å². The maximum Gasteiger partial charge on any atom is 0.347 e. The van der Waals surface area contributed by atoms with Gasteiger partial charge in [-0.25, -0.2) is 5.10 Å². The Bertz CT molecular complexity index is 389. The summed E-state index contributed by atoms with van der Waals surface area (Å²) < 4.78 is 1.93. The van der Waals surface area contributed by atoms with Gasteiger partial charge in [-0.3, -0.25) is 0 Å². The molecule has 0 amide bonds. The lowest BCUT2D eigenvalue weighted by Gasteiger charge is -1.98. The minimum Gasteiger partial charge on any atom is -0.231 e. The molecule has 0 aliphatic carbocycles.